The molecule has 1 N–H and O–H groups in total. The van der Waals surface area contributed by atoms with E-state index in [1.54, 1.807) is 12.1 Å². The number of nitrogens with zero attached hydrogens (tertiary/aromatic N) is 2. The maximum Gasteiger partial charge on any atom is 0.223 e. The molecule has 0 aliphatic rings. The third-order valence-electron chi connectivity index (χ3n) is 1.80. The van der Waals surface area contributed by atoms with Gasteiger partial charge >= 0.3 is 0 Å². The summed E-state index contributed by atoms with van der Waals surface area (Å²) in [5, 5.41) is 12.3. The Labute approximate surface area is 101 Å². The van der Waals surface area contributed by atoms with E-state index in [9.17, 15) is 4.79 Å². The van der Waals surface area contributed by atoms with E-state index in [-0.39, 0.29) is 5.91 Å². The fourth-order valence-electron chi connectivity index (χ4n) is 1.13. The first kappa shape index (κ1) is 11.0. The standard InChI is InChI=1S/C10H8ClN3OS/c1-6(15)12-10-14-13-9(16-10)7-2-4-8(11)5-3-7/h2-5H,1H3,(H,12,14,15). The third-order valence-corrected chi connectivity index (χ3v) is 2.94. The van der Waals surface area contributed by atoms with Crippen LogP contribution in [-0.2, 0) is 4.79 Å². The molecule has 0 spiro atoms. The summed E-state index contributed by atoms with van der Waals surface area (Å²) >= 11 is 7.11. The molecule has 0 fully saturated rings. The Bertz CT molecular complexity index is 509. The summed E-state index contributed by atoms with van der Waals surface area (Å²) in [6.07, 6.45) is 0. The summed E-state index contributed by atoms with van der Waals surface area (Å²) < 4.78 is 0. The highest BCUT2D eigenvalue weighted by molar-refractivity contribution is 7.18. The Balaban J connectivity index is 2.24. The van der Waals surface area contributed by atoms with Crippen LogP contribution in [0.1, 0.15) is 6.92 Å². The zero-order valence-electron chi connectivity index (χ0n) is 8.40. The van der Waals surface area contributed by atoms with Crippen molar-refractivity contribution >= 4 is 34.0 Å². The van der Waals surface area contributed by atoms with Crippen molar-refractivity contribution in [1.82, 2.24) is 10.2 Å². The van der Waals surface area contributed by atoms with Gasteiger partial charge in [0, 0.05) is 17.5 Å². The van der Waals surface area contributed by atoms with Gasteiger partial charge in [-0.1, -0.05) is 35.1 Å². The lowest BCUT2D eigenvalue weighted by Gasteiger charge is -1.94. The van der Waals surface area contributed by atoms with Crippen molar-refractivity contribution in [2.24, 2.45) is 0 Å². The Morgan fingerprint density at radius 1 is 1.31 bits per heavy atom. The molecule has 1 heterocycles. The topological polar surface area (TPSA) is 54.9 Å². The number of aromatic nitrogens is 2. The van der Waals surface area contributed by atoms with E-state index in [2.05, 4.69) is 15.5 Å². The van der Waals surface area contributed by atoms with Crippen LogP contribution < -0.4 is 5.32 Å². The van der Waals surface area contributed by atoms with Crippen LogP contribution >= 0.6 is 22.9 Å². The zero-order valence-corrected chi connectivity index (χ0v) is 9.97. The van der Waals surface area contributed by atoms with Gasteiger partial charge in [0.1, 0.15) is 5.01 Å². The van der Waals surface area contributed by atoms with Gasteiger partial charge in [-0.3, -0.25) is 4.79 Å². The van der Waals surface area contributed by atoms with Crippen molar-refractivity contribution in [3.8, 4) is 10.6 Å². The van der Waals surface area contributed by atoms with Crippen LogP contribution in [0.2, 0.25) is 5.02 Å². The number of benzene rings is 1. The Kier molecular flexibility index (Phi) is 3.17. The number of rotatable bonds is 2. The van der Waals surface area contributed by atoms with Crippen molar-refractivity contribution in [2.75, 3.05) is 5.32 Å². The Morgan fingerprint density at radius 3 is 2.62 bits per heavy atom. The summed E-state index contributed by atoms with van der Waals surface area (Å²) in [5.74, 6) is -0.154. The van der Waals surface area contributed by atoms with Crippen molar-refractivity contribution in [2.45, 2.75) is 6.92 Å². The van der Waals surface area contributed by atoms with E-state index < -0.39 is 0 Å². The molecule has 1 amide bonds. The quantitative estimate of drug-likeness (QED) is 0.895. The highest BCUT2D eigenvalue weighted by Crippen LogP contribution is 2.27. The van der Waals surface area contributed by atoms with Crippen molar-refractivity contribution in [1.29, 1.82) is 0 Å². The lowest BCUT2D eigenvalue weighted by atomic mass is 10.2. The second-order valence-electron chi connectivity index (χ2n) is 3.10. The molecule has 16 heavy (non-hydrogen) atoms. The molecule has 2 aromatic rings. The van der Waals surface area contributed by atoms with Crippen LogP contribution in [0.4, 0.5) is 5.13 Å². The molecule has 0 saturated carbocycles. The number of anilines is 1. The Morgan fingerprint density at radius 2 is 2.00 bits per heavy atom. The van der Waals surface area contributed by atoms with Gasteiger partial charge in [-0.25, -0.2) is 0 Å². The fourth-order valence-corrected chi connectivity index (χ4v) is 2.05. The molecule has 0 aliphatic carbocycles. The summed E-state index contributed by atoms with van der Waals surface area (Å²) in [6, 6.07) is 7.30. The first-order valence-corrected chi connectivity index (χ1v) is 5.71. The second kappa shape index (κ2) is 4.59. The predicted molar refractivity (Wildman–Crippen MR) is 64.7 cm³/mol. The first-order valence-electron chi connectivity index (χ1n) is 4.52. The molecule has 0 radical (unpaired) electrons. The molecule has 0 bridgehead atoms. The number of carbonyl (C=O) groups excluding carboxylic acids is 1. The third kappa shape index (κ3) is 2.56. The molecular weight excluding hydrogens is 246 g/mol. The normalized spacial score (nSPS) is 10.1. The van der Waals surface area contributed by atoms with Gasteiger partial charge in [0.25, 0.3) is 0 Å². The van der Waals surface area contributed by atoms with Gasteiger partial charge in [-0.05, 0) is 12.1 Å². The average molecular weight is 254 g/mol. The summed E-state index contributed by atoms with van der Waals surface area (Å²) in [5.41, 5.74) is 0.929. The van der Waals surface area contributed by atoms with Crippen LogP contribution in [0.15, 0.2) is 24.3 Å². The van der Waals surface area contributed by atoms with Gasteiger partial charge in [0.2, 0.25) is 11.0 Å². The molecule has 82 valence electrons. The molecule has 0 unspecified atom stereocenters. The SMILES string of the molecule is CC(=O)Nc1nnc(-c2ccc(Cl)cc2)s1. The number of halogens is 1. The van der Waals surface area contributed by atoms with E-state index in [1.165, 1.54) is 18.3 Å². The molecular formula is C10H8ClN3OS. The van der Waals surface area contributed by atoms with E-state index in [1.807, 2.05) is 12.1 Å². The van der Waals surface area contributed by atoms with E-state index in [0.29, 0.717) is 10.2 Å². The number of amides is 1. The van der Waals surface area contributed by atoms with Crippen LogP contribution in [-0.4, -0.2) is 16.1 Å². The molecule has 0 saturated heterocycles. The average Bonchev–Trinajstić information content (AvgIpc) is 2.66. The van der Waals surface area contributed by atoms with Crippen molar-refractivity contribution in [3.05, 3.63) is 29.3 Å². The molecule has 0 aliphatic heterocycles. The Hall–Kier alpha value is -1.46. The van der Waals surface area contributed by atoms with Gasteiger partial charge < -0.3 is 5.32 Å². The number of nitrogens with one attached hydrogen (secondary N) is 1. The van der Waals surface area contributed by atoms with Gasteiger partial charge in [-0.2, -0.15) is 0 Å². The molecule has 6 heteroatoms. The number of hydrogen-bond acceptors (Lipinski definition) is 4. The number of hydrogen-bond donors (Lipinski definition) is 1. The smallest absolute Gasteiger partial charge is 0.223 e. The molecule has 4 nitrogen and oxygen atoms in total. The van der Waals surface area contributed by atoms with Crippen LogP contribution in [0.3, 0.4) is 0 Å². The van der Waals surface area contributed by atoms with Crippen LogP contribution in [0.25, 0.3) is 10.6 Å². The molecule has 1 aromatic carbocycles. The first-order chi connectivity index (χ1) is 7.65. The highest BCUT2D eigenvalue weighted by atomic mass is 35.5. The van der Waals surface area contributed by atoms with Crippen molar-refractivity contribution in [3.63, 3.8) is 0 Å². The zero-order chi connectivity index (χ0) is 11.5. The van der Waals surface area contributed by atoms with Gasteiger partial charge in [-0.15, -0.1) is 10.2 Å². The van der Waals surface area contributed by atoms with Crippen molar-refractivity contribution < 1.29 is 4.79 Å². The maximum absolute atomic E-state index is 10.8. The molecule has 0 atom stereocenters. The van der Waals surface area contributed by atoms with E-state index in [4.69, 9.17) is 11.6 Å². The maximum atomic E-state index is 10.8. The second-order valence-corrected chi connectivity index (χ2v) is 4.51. The summed E-state index contributed by atoms with van der Waals surface area (Å²) in [7, 11) is 0. The van der Waals surface area contributed by atoms with Crippen LogP contribution in [0.5, 0.6) is 0 Å². The van der Waals surface area contributed by atoms with Gasteiger partial charge in [0.15, 0.2) is 0 Å². The monoisotopic (exact) mass is 253 g/mol. The predicted octanol–water partition coefficient (Wildman–Crippen LogP) is 2.82. The lowest BCUT2D eigenvalue weighted by Crippen LogP contribution is -2.04. The summed E-state index contributed by atoms with van der Waals surface area (Å²) in [4.78, 5) is 10.8. The summed E-state index contributed by atoms with van der Waals surface area (Å²) in [6.45, 7) is 1.43. The minimum Gasteiger partial charge on any atom is -0.301 e. The highest BCUT2D eigenvalue weighted by Gasteiger charge is 2.07. The minimum absolute atomic E-state index is 0.154. The number of carbonyl (C=O) groups is 1. The van der Waals surface area contributed by atoms with E-state index >= 15 is 0 Å². The largest absolute Gasteiger partial charge is 0.301 e. The molecule has 1 aromatic heterocycles. The van der Waals surface area contributed by atoms with E-state index in [0.717, 1.165) is 10.6 Å². The lowest BCUT2D eigenvalue weighted by molar-refractivity contribution is -0.114. The minimum atomic E-state index is -0.154. The van der Waals surface area contributed by atoms with Gasteiger partial charge in [0.05, 0.1) is 0 Å². The molecule has 2 rings (SSSR count). The van der Waals surface area contributed by atoms with Crippen LogP contribution in [0, 0.1) is 0 Å². The fraction of sp³-hybridized carbons (Fsp3) is 0.100.